The van der Waals surface area contributed by atoms with Crippen LogP contribution in [-0.4, -0.2) is 27.5 Å². The molecule has 18 heavy (non-hydrogen) atoms. The standard InChI is InChI=1S/C11H15NO5S/c1-7-6-9(4-5-10(7)17-3)18(15,16)12-8(2)11(13)14/h4-6,8,12H,1-3H3,(H,13,14)/p-1/t8-/m1/s1. The highest BCUT2D eigenvalue weighted by Gasteiger charge is 2.18. The lowest BCUT2D eigenvalue weighted by molar-refractivity contribution is -0.307. The molecule has 0 aliphatic carbocycles. The van der Waals surface area contributed by atoms with E-state index in [2.05, 4.69) is 0 Å². The van der Waals surface area contributed by atoms with E-state index in [9.17, 15) is 18.3 Å². The summed E-state index contributed by atoms with van der Waals surface area (Å²) in [5, 5.41) is 10.5. The first-order chi connectivity index (χ1) is 8.27. The zero-order chi connectivity index (χ0) is 13.9. The molecule has 7 heteroatoms. The highest BCUT2D eigenvalue weighted by atomic mass is 32.2. The van der Waals surface area contributed by atoms with Crippen molar-refractivity contribution < 1.29 is 23.1 Å². The highest BCUT2D eigenvalue weighted by Crippen LogP contribution is 2.21. The van der Waals surface area contributed by atoms with Crippen molar-refractivity contribution in [2.24, 2.45) is 0 Å². The van der Waals surface area contributed by atoms with Gasteiger partial charge in [0, 0.05) is 0 Å². The average molecular weight is 272 g/mol. The maximum atomic E-state index is 11.9. The molecular weight excluding hydrogens is 258 g/mol. The molecule has 1 N–H and O–H groups in total. The van der Waals surface area contributed by atoms with Gasteiger partial charge in [-0.3, -0.25) is 0 Å². The summed E-state index contributed by atoms with van der Waals surface area (Å²) in [5.41, 5.74) is 0.640. The predicted octanol–water partition coefficient (Wildman–Crippen LogP) is -0.580. The minimum absolute atomic E-state index is 0.0195. The van der Waals surface area contributed by atoms with Gasteiger partial charge in [0.2, 0.25) is 10.0 Å². The van der Waals surface area contributed by atoms with Crippen LogP contribution in [-0.2, 0) is 14.8 Å². The number of ether oxygens (including phenoxy) is 1. The van der Waals surface area contributed by atoms with Gasteiger partial charge >= 0.3 is 0 Å². The van der Waals surface area contributed by atoms with E-state index >= 15 is 0 Å². The van der Waals surface area contributed by atoms with E-state index in [-0.39, 0.29) is 4.90 Å². The van der Waals surface area contributed by atoms with Gasteiger partial charge in [-0.15, -0.1) is 0 Å². The van der Waals surface area contributed by atoms with Gasteiger partial charge in [0.15, 0.2) is 0 Å². The van der Waals surface area contributed by atoms with Gasteiger partial charge in [-0.25, -0.2) is 13.1 Å². The number of carbonyl (C=O) groups is 1. The summed E-state index contributed by atoms with van der Waals surface area (Å²) in [7, 11) is -2.40. The second-order valence-corrected chi connectivity index (χ2v) is 5.51. The molecule has 0 spiro atoms. The Morgan fingerprint density at radius 3 is 2.50 bits per heavy atom. The minimum atomic E-state index is -3.88. The lowest BCUT2D eigenvalue weighted by Crippen LogP contribution is -2.45. The van der Waals surface area contributed by atoms with Crippen molar-refractivity contribution in [2.45, 2.75) is 24.8 Å². The fraction of sp³-hybridized carbons (Fsp3) is 0.364. The third kappa shape index (κ3) is 3.21. The molecule has 0 saturated heterocycles. The number of benzene rings is 1. The Morgan fingerprint density at radius 1 is 1.44 bits per heavy atom. The molecule has 0 aliphatic heterocycles. The Bertz CT molecular complexity index is 553. The number of aliphatic carboxylic acids is 1. The molecule has 6 nitrogen and oxygen atoms in total. The maximum Gasteiger partial charge on any atom is 0.241 e. The quantitative estimate of drug-likeness (QED) is 0.773. The van der Waals surface area contributed by atoms with E-state index in [1.54, 1.807) is 6.92 Å². The number of hydrogen-bond acceptors (Lipinski definition) is 5. The van der Waals surface area contributed by atoms with Crippen molar-refractivity contribution in [1.29, 1.82) is 0 Å². The van der Waals surface area contributed by atoms with E-state index in [0.717, 1.165) is 0 Å². The van der Waals surface area contributed by atoms with Crippen LogP contribution in [0.3, 0.4) is 0 Å². The summed E-state index contributed by atoms with van der Waals surface area (Å²) in [4.78, 5) is 10.5. The van der Waals surface area contributed by atoms with Crippen LogP contribution in [0.4, 0.5) is 0 Å². The van der Waals surface area contributed by atoms with Gasteiger partial charge in [-0.05, 0) is 37.6 Å². The molecule has 1 aromatic rings. The number of sulfonamides is 1. The largest absolute Gasteiger partial charge is 0.548 e. The Balaban J connectivity index is 3.06. The Hall–Kier alpha value is -1.60. The van der Waals surface area contributed by atoms with Crippen molar-refractivity contribution >= 4 is 16.0 Å². The third-order valence-corrected chi connectivity index (χ3v) is 3.90. The fourth-order valence-electron chi connectivity index (χ4n) is 1.37. The Morgan fingerprint density at radius 2 is 2.06 bits per heavy atom. The SMILES string of the molecule is COc1ccc(S(=O)(=O)N[C@H](C)C(=O)[O-])cc1C. The number of methoxy groups -OCH3 is 1. The second-order valence-electron chi connectivity index (χ2n) is 3.79. The van der Waals surface area contributed by atoms with Gasteiger partial charge in [-0.2, -0.15) is 0 Å². The van der Waals surface area contributed by atoms with Crippen molar-refractivity contribution in [3.05, 3.63) is 23.8 Å². The first-order valence-electron chi connectivity index (χ1n) is 5.15. The van der Waals surface area contributed by atoms with Crippen molar-refractivity contribution in [2.75, 3.05) is 7.11 Å². The summed E-state index contributed by atoms with van der Waals surface area (Å²) in [6.45, 7) is 2.89. The molecular formula is C11H14NO5S-. The number of nitrogens with one attached hydrogen (secondary N) is 1. The molecule has 1 aromatic carbocycles. The lowest BCUT2D eigenvalue weighted by Gasteiger charge is -2.15. The summed E-state index contributed by atoms with van der Waals surface area (Å²) >= 11 is 0. The van der Waals surface area contributed by atoms with E-state index < -0.39 is 22.0 Å². The fourth-order valence-corrected chi connectivity index (χ4v) is 2.64. The van der Waals surface area contributed by atoms with Crippen molar-refractivity contribution in [3.8, 4) is 5.75 Å². The summed E-state index contributed by atoms with van der Waals surface area (Å²) in [6.07, 6.45) is 0. The number of carbonyl (C=O) groups excluding carboxylic acids is 1. The molecule has 0 amide bonds. The van der Waals surface area contributed by atoms with Gasteiger partial charge < -0.3 is 14.6 Å². The van der Waals surface area contributed by atoms with Crippen LogP contribution in [0.1, 0.15) is 12.5 Å². The Kier molecular flexibility index (Phi) is 4.31. The number of carboxylic acid groups (broad SMARTS) is 1. The van der Waals surface area contributed by atoms with E-state index in [0.29, 0.717) is 11.3 Å². The Labute approximate surface area is 106 Å². The molecule has 0 fully saturated rings. The van der Waals surface area contributed by atoms with E-state index in [4.69, 9.17) is 4.74 Å². The van der Waals surface area contributed by atoms with Crippen LogP contribution < -0.4 is 14.6 Å². The average Bonchev–Trinajstić information content (AvgIpc) is 2.28. The maximum absolute atomic E-state index is 11.9. The molecule has 1 rings (SSSR count). The number of aryl methyl sites for hydroxylation is 1. The predicted molar refractivity (Wildman–Crippen MR) is 62.5 cm³/mol. The monoisotopic (exact) mass is 272 g/mol. The summed E-state index contributed by atoms with van der Waals surface area (Å²) < 4.78 is 30.7. The smallest absolute Gasteiger partial charge is 0.241 e. The molecule has 0 aromatic heterocycles. The van der Waals surface area contributed by atoms with Crippen LogP contribution in [0.2, 0.25) is 0 Å². The molecule has 0 bridgehead atoms. The molecule has 0 radical (unpaired) electrons. The van der Waals surface area contributed by atoms with Gasteiger partial charge in [0.1, 0.15) is 5.75 Å². The van der Waals surface area contributed by atoms with Crippen LogP contribution in [0.5, 0.6) is 5.75 Å². The van der Waals surface area contributed by atoms with Crippen LogP contribution in [0.15, 0.2) is 23.1 Å². The number of carboxylic acids is 1. The molecule has 0 unspecified atom stereocenters. The molecule has 0 heterocycles. The summed E-state index contributed by atoms with van der Waals surface area (Å²) in [6, 6.07) is 2.96. The van der Waals surface area contributed by atoms with E-state index in [1.165, 1.54) is 32.2 Å². The van der Waals surface area contributed by atoms with Gasteiger partial charge in [-0.1, -0.05) is 0 Å². The number of hydrogen-bond donors (Lipinski definition) is 1. The highest BCUT2D eigenvalue weighted by molar-refractivity contribution is 7.89. The van der Waals surface area contributed by atoms with Crippen LogP contribution in [0.25, 0.3) is 0 Å². The number of rotatable bonds is 5. The lowest BCUT2D eigenvalue weighted by atomic mass is 10.2. The third-order valence-electron chi connectivity index (χ3n) is 2.36. The first-order valence-corrected chi connectivity index (χ1v) is 6.64. The molecule has 1 atom stereocenters. The van der Waals surface area contributed by atoms with Gasteiger partial charge in [0.05, 0.1) is 24.0 Å². The summed E-state index contributed by atoms with van der Waals surface area (Å²) in [5.74, 6) is -0.925. The van der Waals surface area contributed by atoms with Gasteiger partial charge in [0.25, 0.3) is 0 Å². The van der Waals surface area contributed by atoms with Crippen LogP contribution >= 0.6 is 0 Å². The minimum Gasteiger partial charge on any atom is -0.548 e. The first kappa shape index (κ1) is 14.5. The topological polar surface area (TPSA) is 95.5 Å². The van der Waals surface area contributed by atoms with Crippen molar-refractivity contribution in [3.63, 3.8) is 0 Å². The molecule has 100 valence electrons. The second kappa shape index (κ2) is 5.36. The van der Waals surface area contributed by atoms with Crippen LogP contribution in [0, 0.1) is 6.92 Å². The molecule has 0 aliphatic rings. The normalized spacial score (nSPS) is 13.1. The zero-order valence-electron chi connectivity index (χ0n) is 10.3. The zero-order valence-corrected chi connectivity index (χ0v) is 11.1. The molecule has 0 saturated carbocycles. The van der Waals surface area contributed by atoms with Crippen molar-refractivity contribution in [1.82, 2.24) is 4.72 Å². The van der Waals surface area contributed by atoms with E-state index in [1.807, 2.05) is 4.72 Å².